The van der Waals surface area contributed by atoms with Crippen LogP contribution in [-0.4, -0.2) is 28.5 Å². The molecule has 1 fully saturated rings. The van der Waals surface area contributed by atoms with Crippen LogP contribution in [0.15, 0.2) is 59.5 Å². The number of carbonyl (C=O) groups is 3. The number of para-hydroxylation sites is 1. The summed E-state index contributed by atoms with van der Waals surface area (Å²) in [5.41, 5.74) is 6.77. The molecule has 0 unspecified atom stereocenters. The van der Waals surface area contributed by atoms with Gasteiger partial charge in [0.2, 0.25) is 5.91 Å². The molecule has 0 atom stereocenters. The summed E-state index contributed by atoms with van der Waals surface area (Å²) in [5, 5.41) is -0.511. The van der Waals surface area contributed by atoms with E-state index in [2.05, 4.69) is 0 Å². The topological polar surface area (TPSA) is 89.7 Å². The number of ether oxygens (including phenoxy) is 1. The van der Waals surface area contributed by atoms with E-state index in [0.717, 1.165) is 22.2 Å². The Hall–Kier alpha value is -3.06. The van der Waals surface area contributed by atoms with Gasteiger partial charge in [-0.2, -0.15) is 0 Å². The lowest BCUT2D eigenvalue weighted by atomic mass is 10.1. The fraction of sp³-hybridized carbons (Fsp3) is 0.105. The van der Waals surface area contributed by atoms with E-state index in [9.17, 15) is 14.4 Å². The molecule has 2 aromatic carbocycles. The van der Waals surface area contributed by atoms with Crippen LogP contribution in [0, 0.1) is 0 Å². The zero-order chi connectivity index (χ0) is 18.5. The van der Waals surface area contributed by atoms with Crippen LogP contribution in [0.5, 0.6) is 5.75 Å². The lowest BCUT2D eigenvalue weighted by Gasteiger charge is -2.10. The molecule has 2 N–H and O–H groups in total. The zero-order valence-electron chi connectivity index (χ0n) is 13.8. The smallest absolute Gasteiger partial charge is 0.294 e. The van der Waals surface area contributed by atoms with Gasteiger partial charge >= 0.3 is 0 Å². The molecule has 0 aliphatic carbocycles. The van der Waals surface area contributed by atoms with Gasteiger partial charge in [0.25, 0.3) is 11.1 Å². The minimum absolute atomic E-state index is 0.229. The summed E-state index contributed by atoms with van der Waals surface area (Å²) in [4.78, 5) is 36.3. The molecule has 0 spiro atoms. The van der Waals surface area contributed by atoms with Crippen molar-refractivity contribution in [3.8, 4) is 5.75 Å². The highest BCUT2D eigenvalue weighted by Crippen LogP contribution is 2.33. The van der Waals surface area contributed by atoms with Crippen molar-refractivity contribution in [1.82, 2.24) is 4.90 Å². The SMILES string of the molecule is NC(=O)CN1C(=O)S/C(=C\c2ccccc2OCc2ccccc2)C1=O. The van der Waals surface area contributed by atoms with Gasteiger partial charge in [-0.15, -0.1) is 0 Å². The second kappa shape index (κ2) is 7.88. The van der Waals surface area contributed by atoms with Crippen LogP contribution in [0.1, 0.15) is 11.1 Å². The van der Waals surface area contributed by atoms with Crippen LogP contribution in [0.25, 0.3) is 6.08 Å². The van der Waals surface area contributed by atoms with E-state index in [4.69, 9.17) is 10.5 Å². The number of benzene rings is 2. The number of hydrogen-bond acceptors (Lipinski definition) is 5. The van der Waals surface area contributed by atoms with E-state index in [0.29, 0.717) is 17.9 Å². The second-order valence-electron chi connectivity index (χ2n) is 5.55. The van der Waals surface area contributed by atoms with Gasteiger partial charge in [-0.05, 0) is 29.5 Å². The molecule has 2 aromatic rings. The molecule has 0 aromatic heterocycles. The number of carbonyl (C=O) groups excluding carboxylic acids is 3. The van der Waals surface area contributed by atoms with Crippen molar-refractivity contribution < 1.29 is 19.1 Å². The standard InChI is InChI=1S/C19H16N2O4S/c20-17(22)11-21-18(23)16(26-19(21)24)10-14-8-4-5-9-15(14)25-12-13-6-2-1-3-7-13/h1-10H,11-12H2,(H2,20,22)/b16-10-. The molecule has 3 amide bonds. The first kappa shape index (κ1) is 17.8. The molecule has 26 heavy (non-hydrogen) atoms. The van der Waals surface area contributed by atoms with Gasteiger partial charge in [0.15, 0.2) is 0 Å². The molecule has 0 saturated carbocycles. The van der Waals surface area contributed by atoms with Crippen LogP contribution in [0.3, 0.4) is 0 Å². The third kappa shape index (κ3) is 4.12. The van der Waals surface area contributed by atoms with Crippen LogP contribution >= 0.6 is 11.8 Å². The Labute approximate surface area is 154 Å². The Morgan fingerprint density at radius 2 is 1.77 bits per heavy atom. The highest BCUT2D eigenvalue weighted by Gasteiger charge is 2.35. The fourth-order valence-electron chi connectivity index (χ4n) is 2.40. The van der Waals surface area contributed by atoms with Crippen LogP contribution < -0.4 is 10.5 Å². The molecule has 132 valence electrons. The first-order chi connectivity index (χ1) is 12.5. The van der Waals surface area contributed by atoms with Crippen LogP contribution in [0.4, 0.5) is 4.79 Å². The van der Waals surface area contributed by atoms with Crippen molar-refractivity contribution in [1.29, 1.82) is 0 Å². The Balaban J connectivity index is 1.79. The molecular weight excluding hydrogens is 352 g/mol. The Morgan fingerprint density at radius 1 is 1.08 bits per heavy atom. The Bertz CT molecular complexity index is 880. The predicted molar refractivity (Wildman–Crippen MR) is 99.1 cm³/mol. The summed E-state index contributed by atoms with van der Waals surface area (Å²) in [7, 11) is 0. The number of hydrogen-bond donors (Lipinski definition) is 1. The monoisotopic (exact) mass is 368 g/mol. The van der Waals surface area contributed by atoms with Crippen molar-refractivity contribution >= 4 is 34.9 Å². The van der Waals surface area contributed by atoms with Crippen molar-refractivity contribution in [3.63, 3.8) is 0 Å². The highest BCUT2D eigenvalue weighted by atomic mass is 32.2. The van der Waals surface area contributed by atoms with Gasteiger partial charge in [-0.1, -0.05) is 48.5 Å². The number of amides is 3. The van der Waals surface area contributed by atoms with E-state index in [-0.39, 0.29) is 4.91 Å². The maximum absolute atomic E-state index is 12.3. The third-order valence-corrected chi connectivity index (χ3v) is 4.54. The Morgan fingerprint density at radius 3 is 2.50 bits per heavy atom. The number of nitrogens with two attached hydrogens (primary N) is 1. The van der Waals surface area contributed by atoms with Crippen molar-refractivity contribution in [2.24, 2.45) is 5.73 Å². The maximum atomic E-state index is 12.3. The van der Waals surface area contributed by atoms with Gasteiger partial charge < -0.3 is 10.5 Å². The predicted octanol–water partition coefficient (Wildman–Crippen LogP) is 2.79. The number of primary amides is 1. The van der Waals surface area contributed by atoms with E-state index < -0.39 is 23.6 Å². The third-order valence-electron chi connectivity index (χ3n) is 3.63. The van der Waals surface area contributed by atoms with E-state index in [1.54, 1.807) is 18.2 Å². The van der Waals surface area contributed by atoms with Crippen LogP contribution in [-0.2, 0) is 16.2 Å². The summed E-state index contributed by atoms with van der Waals surface area (Å²) in [6.45, 7) is -0.0387. The first-order valence-electron chi connectivity index (χ1n) is 7.84. The van der Waals surface area contributed by atoms with Crippen LogP contribution in [0.2, 0.25) is 0 Å². The minimum atomic E-state index is -0.736. The molecule has 1 heterocycles. The lowest BCUT2D eigenvalue weighted by molar-refractivity contribution is -0.127. The first-order valence-corrected chi connectivity index (χ1v) is 8.65. The fourth-order valence-corrected chi connectivity index (χ4v) is 3.23. The molecule has 1 aliphatic heterocycles. The number of thioether (sulfide) groups is 1. The summed E-state index contributed by atoms with van der Waals surface area (Å²) in [6, 6.07) is 16.9. The average molecular weight is 368 g/mol. The Kier molecular flexibility index (Phi) is 5.38. The number of nitrogens with zero attached hydrogens (tertiary/aromatic N) is 1. The zero-order valence-corrected chi connectivity index (χ0v) is 14.6. The molecule has 0 bridgehead atoms. The normalized spacial score (nSPS) is 15.5. The molecular formula is C19H16N2O4S. The molecule has 7 heteroatoms. The van der Waals surface area contributed by atoms with E-state index in [1.807, 2.05) is 42.5 Å². The van der Waals surface area contributed by atoms with Gasteiger partial charge in [-0.3, -0.25) is 19.3 Å². The molecule has 3 rings (SSSR count). The lowest BCUT2D eigenvalue weighted by Crippen LogP contribution is -2.36. The summed E-state index contributed by atoms with van der Waals surface area (Å²) >= 11 is 0.777. The summed E-state index contributed by atoms with van der Waals surface area (Å²) < 4.78 is 5.85. The summed E-state index contributed by atoms with van der Waals surface area (Å²) in [5.74, 6) is -0.671. The molecule has 6 nitrogen and oxygen atoms in total. The van der Waals surface area contributed by atoms with Gasteiger partial charge in [0, 0.05) is 5.56 Å². The number of imide groups is 1. The van der Waals surface area contributed by atoms with Gasteiger partial charge in [-0.25, -0.2) is 0 Å². The largest absolute Gasteiger partial charge is 0.488 e. The minimum Gasteiger partial charge on any atom is -0.488 e. The molecule has 1 saturated heterocycles. The van der Waals surface area contributed by atoms with Gasteiger partial charge in [0.05, 0.1) is 4.91 Å². The van der Waals surface area contributed by atoms with Crippen molar-refractivity contribution in [2.45, 2.75) is 6.61 Å². The van der Waals surface area contributed by atoms with Crippen molar-refractivity contribution in [2.75, 3.05) is 6.54 Å². The molecule has 0 radical (unpaired) electrons. The highest BCUT2D eigenvalue weighted by molar-refractivity contribution is 8.18. The average Bonchev–Trinajstić information content (AvgIpc) is 2.89. The van der Waals surface area contributed by atoms with E-state index in [1.165, 1.54) is 0 Å². The van der Waals surface area contributed by atoms with E-state index >= 15 is 0 Å². The molecule has 1 aliphatic rings. The summed E-state index contributed by atoms with van der Waals surface area (Å²) in [6.07, 6.45) is 1.59. The quantitative estimate of drug-likeness (QED) is 0.792. The van der Waals surface area contributed by atoms with Gasteiger partial charge in [0.1, 0.15) is 18.9 Å². The number of rotatable bonds is 6. The second-order valence-corrected chi connectivity index (χ2v) is 6.54. The maximum Gasteiger partial charge on any atom is 0.294 e. The van der Waals surface area contributed by atoms with Crippen molar-refractivity contribution in [3.05, 3.63) is 70.6 Å².